The fourth-order valence-electron chi connectivity index (χ4n) is 3.53. The van der Waals surface area contributed by atoms with Gasteiger partial charge in [-0.3, -0.25) is 9.69 Å². The molecule has 1 aliphatic heterocycles. The molecule has 2 N–H and O–H groups in total. The van der Waals surface area contributed by atoms with Gasteiger partial charge in [-0.25, -0.2) is 15.0 Å². The van der Waals surface area contributed by atoms with Gasteiger partial charge in [-0.15, -0.1) is 0 Å². The number of carbonyl (C=O) groups excluding carboxylic acids is 1. The molecule has 0 saturated heterocycles. The molecule has 1 aromatic heterocycles. The van der Waals surface area contributed by atoms with Crippen LogP contribution < -0.4 is 9.92 Å². The second-order valence-corrected chi connectivity index (χ2v) is 9.36. The van der Waals surface area contributed by atoms with Gasteiger partial charge in [0.25, 0.3) is 5.91 Å². The number of carbonyl (C=O) groups is 1. The molecule has 0 fully saturated rings. The fraction of sp³-hybridized carbons (Fsp3) is 0.182. The van der Waals surface area contributed by atoms with Gasteiger partial charge in [-0.05, 0) is 34.9 Å². The normalized spacial score (nSPS) is 18.5. The van der Waals surface area contributed by atoms with E-state index in [1.807, 2.05) is 12.1 Å². The molecule has 170 valence electrons. The van der Waals surface area contributed by atoms with E-state index in [1.165, 1.54) is 44.5 Å². The van der Waals surface area contributed by atoms with Crippen molar-refractivity contribution in [3.63, 3.8) is 0 Å². The average Bonchev–Trinajstić information content (AvgIpc) is 3.04. The van der Waals surface area contributed by atoms with Crippen molar-refractivity contribution in [1.82, 2.24) is 19.2 Å². The van der Waals surface area contributed by atoms with Gasteiger partial charge in [0.2, 0.25) is 0 Å². The minimum absolute atomic E-state index is 0.0423. The Morgan fingerprint density at radius 2 is 1.64 bits per heavy atom. The summed E-state index contributed by atoms with van der Waals surface area (Å²) in [5.74, 6) is -0.293. The van der Waals surface area contributed by atoms with Gasteiger partial charge in [0.1, 0.15) is 12.1 Å². The molecule has 1 amide bonds. The molecular formula is C22H22N6O4S. The maximum absolute atomic E-state index is 13.5. The summed E-state index contributed by atoms with van der Waals surface area (Å²) in [6.45, 7) is 0. The lowest BCUT2D eigenvalue weighted by Gasteiger charge is -2.27. The quantitative estimate of drug-likeness (QED) is 0.580. The van der Waals surface area contributed by atoms with Crippen LogP contribution in [0.25, 0.3) is 11.1 Å². The van der Waals surface area contributed by atoms with E-state index in [2.05, 4.69) is 15.0 Å². The monoisotopic (exact) mass is 466 g/mol. The van der Waals surface area contributed by atoms with Gasteiger partial charge in [-0.2, -0.15) is 12.7 Å². The molecule has 10 nitrogen and oxygen atoms in total. The zero-order valence-electron chi connectivity index (χ0n) is 18.2. The van der Waals surface area contributed by atoms with Gasteiger partial charge in [0, 0.05) is 39.1 Å². The summed E-state index contributed by atoms with van der Waals surface area (Å²) < 4.78 is 30.6. The molecule has 1 atom stereocenters. The molecule has 2 aromatic carbocycles. The molecule has 0 bridgehead atoms. The minimum atomic E-state index is -3.99. The molecule has 1 unspecified atom stereocenters. The Balaban J connectivity index is 1.89. The van der Waals surface area contributed by atoms with Crippen molar-refractivity contribution in [2.24, 2.45) is 10.7 Å². The molecule has 4 rings (SSSR count). The Labute approximate surface area is 191 Å². The van der Waals surface area contributed by atoms with Crippen LogP contribution in [0.5, 0.6) is 5.75 Å². The molecule has 0 spiro atoms. The summed E-state index contributed by atoms with van der Waals surface area (Å²) in [7, 11) is 0.268. The predicted octanol–water partition coefficient (Wildman–Crippen LogP) is 1.36. The third kappa shape index (κ3) is 3.92. The highest BCUT2D eigenvalue weighted by Crippen LogP contribution is 2.41. The van der Waals surface area contributed by atoms with Crippen LogP contribution in [0, 0.1) is 0 Å². The number of hydrogen-bond acceptors (Lipinski definition) is 8. The Morgan fingerprint density at radius 3 is 2.24 bits per heavy atom. The lowest BCUT2D eigenvalue weighted by molar-refractivity contribution is -0.129. The fourth-order valence-corrected chi connectivity index (χ4v) is 4.02. The van der Waals surface area contributed by atoms with Crippen LogP contribution in [-0.2, 0) is 20.6 Å². The average molecular weight is 467 g/mol. The Hall–Kier alpha value is -3.83. The first kappa shape index (κ1) is 22.4. The van der Waals surface area contributed by atoms with Crippen LogP contribution in [0.15, 0.2) is 72.2 Å². The van der Waals surface area contributed by atoms with E-state index in [4.69, 9.17) is 9.92 Å². The van der Waals surface area contributed by atoms with E-state index in [1.54, 1.807) is 36.7 Å². The van der Waals surface area contributed by atoms with E-state index >= 15 is 0 Å². The van der Waals surface area contributed by atoms with Crippen molar-refractivity contribution in [3.8, 4) is 16.9 Å². The summed E-state index contributed by atoms with van der Waals surface area (Å²) in [6, 6.07) is 13.5. The first-order valence-corrected chi connectivity index (χ1v) is 11.2. The van der Waals surface area contributed by atoms with Gasteiger partial charge in [-0.1, -0.05) is 30.3 Å². The number of benzene rings is 2. The number of rotatable bonds is 6. The van der Waals surface area contributed by atoms with Crippen molar-refractivity contribution < 1.29 is 17.4 Å². The van der Waals surface area contributed by atoms with E-state index < -0.39 is 15.8 Å². The summed E-state index contributed by atoms with van der Waals surface area (Å²) in [5, 5.41) is 0. The van der Waals surface area contributed by atoms with E-state index in [0.29, 0.717) is 11.1 Å². The van der Waals surface area contributed by atoms with Crippen LogP contribution in [0.4, 0.5) is 0 Å². The Morgan fingerprint density at radius 1 is 1.00 bits per heavy atom. The van der Waals surface area contributed by atoms with Crippen LogP contribution in [-0.4, -0.2) is 60.6 Å². The summed E-state index contributed by atoms with van der Waals surface area (Å²) in [4.78, 5) is 27.5. The van der Waals surface area contributed by atoms with E-state index in [0.717, 1.165) is 15.4 Å². The second-order valence-electron chi connectivity index (χ2n) is 7.60. The SMILES string of the molecule is CN1C(=O)C(c2cccc(OS(=O)(=O)N(C)C)c2)(c2cccc(-c3cncnc3)c2)N=C1N. The standard InChI is InChI=1S/C22H22N6O4S/c1-27(2)33(30,31)32-19-9-5-8-18(11-19)22(20(29)28(3)21(23)26-22)17-7-4-6-15(10-17)16-12-24-14-25-13-16/h4-14H,1-3H3,(H2,23,26). The summed E-state index contributed by atoms with van der Waals surface area (Å²) >= 11 is 0. The summed E-state index contributed by atoms with van der Waals surface area (Å²) in [6.07, 6.45) is 4.77. The second kappa shape index (κ2) is 8.26. The number of amides is 1. The van der Waals surface area contributed by atoms with E-state index in [-0.39, 0.29) is 17.6 Å². The van der Waals surface area contributed by atoms with Crippen molar-refractivity contribution in [2.45, 2.75) is 5.54 Å². The number of hydrogen-bond donors (Lipinski definition) is 1. The highest BCUT2D eigenvalue weighted by Gasteiger charge is 2.49. The number of likely N-dealkylation sites (N-methyl/N-ethyl adjacent to an activating group) is 1. The van der Waals surface area contributed by atoms with Crippen LogP contribution in [0.3, 0.4) is 0 Å². The molecule has 33 heavy (non-hydrogen) atoms. The van der Waals surface area contributed by atoms with Crippen LogP contribution >= 0.6 is 0 Å². The molecule has 0 aliphatic carbocycles. The third-order valence-corrected chi connectivity index (χ3v) is 6.61. The molecular weight excluding hydrogens is 444 g/mol. The number of guanidine groups is 1. The first-order valence-electron chi connectivity index (χ1n) is 9.87. The topological polar surface area (TPSA) is 131 Å². The molecule has 0 radical (unpaired) electrons. The highest BCUT2D eigenvalue weighted by molar-refractivity contribution is 7.84. The zero-order chi connectivity index (χ0) is 23.8. The van der Waals surface area contributed by atoms with Crippen LogP contribution in [0.2, 0.25) is 0 Å². The van der Waals surface area contributed by atoms with Crippen LogP contribution in [0.1, 0.15) is 11.1 Å². The number of aromatic nitrogens is 2. The van der Waals surface area contributed by atoms with Gasteiger partial charge in [0.05, 0.1) is 0 Å². The molecule has 2 heterocycles. The summed E-state index contributed by atoms with van der Waals surface area (Å²) in [5.41, 5.74) is 7.03. The van der Waals surface area contributed by atoms with Crippen molar-refractivity contribution in [3.05, 3.63) is 78.4 Å². The van der Waals surface area contributed by atoms with Crippen molar-refractivity contribution >= 4 is 22.2 Å². The predicted molar refractivity (Wildman–Crippen MR) is 122 cm³/mol. The van der Waals surface area contributed by atoms with Crippen molar-refractivity contribution in [1.29, 1.82) is 0 Å². The number of nitrogens with zero attached hydrogens (tertiary/aromatic N) is 5. The Bertz CT molecular complexity index is 1340. The van der Waals surface area contributed by atoms with E-state index in [9.17, 15) is 13.2 Å². The van der Waals surface area contributed by atoms with Gasteiger partial charge < -0.3 is 9.92 Å². The Kier molecular flexibility index (Phi) is 5.60. The zero-order valence-corrected chi connectivity index (χ0v) is 19.0. The number of nitrogens with two attached hydrogens (primary N) is 1. The third-order valence-electron chi connectivity index (χ3n) is 5.31. The lowest BCUT2D eigenvalue weighted by Crippen LogP contribution is -2.41. The smallest absolute Gasteiger partial charge is 0.371 e. The molecule has 11 heteroatoms. The number of aliphatic imine (C=N–C) groups is 1. The first-order chi connectivity index (χ1) is 15.6. The van der Waals surface area contributed by atoms with Gasteiger partial charge >= 0.3 is 10.3 Å². The maximum Gasteiger partial charge on any atom is 0.384 e. The molecule has 0 saturated carbocycles. The van der Waals surface area contributed by atoms with Crippen molar-refractivity contribution in [2.75, 3.05) is 21.1 Å². The largest absolute Gasteiger partial charge is 0.384 e. The molecule has 3 aromatic rings. The minimum Gasteiger partial charge on any atom is -0.371 e. The highest BCUT2D eigenvalue weighted by atomic mass is 32.2. The lowest BCUT2D eigenvalue weighted by atomic mass is 9.81. The van der Waals surface area contributed by atoms with Gasteiger partial charge in [0.15, 0.2) is 11.5 Å². The molecule has 1 aliphatic rings. The maximum atomic E-state index is 13.5.